The fourth-order valence-corrected chi connectivity index (χ4v) is 12.1. The van der Waals surface area contributed by atoms with Crippen LogP contribution in [0.3, 0.4) is 0 Å². The molecule has 1 heterocycles. The SMILES string of the molecule is CC[C@H](C)[C@@H]([C@@H](CC(=O)N1CCC[C@H]1[C@H](OC)[C@@H](C)C(=O)N[C@H](O)[C@@H](O)c1ccccc1)OC)N(C)C(=O)[C@@H](CC(=O)[C@H](C(C)C)N(C)C(=O)OCc1ccc(NC(=O)[C@H](CCCNC(N)=O)CC(=O)[C@@H](NC(=O)c2ccc(C(C)C)cc2)C(C)C)cc1)C(C)C. The number of benzene rings is 3. The number of likely N-dealkylation sites (tertiary alicyclic amines) is 1. The summed E-state index contributed by atoms with van der Waals surface area (Å²) < 4.78 is 17.7. The molecule has 0 radical (unpaired) electrons. The first-order valence-electron chi connectivity index (χ1n) is 32.1. The van der Waals surface area contributed by atoms with Crippen LogP contribution in [-0.4, -0.2) is 162 Å². The van der Waals surface area contributed by atoms with Crippen molar-refractivity contribution in [3.8, 4) is 0 Å². The van der Waals surface area contributed by atoms with E-state index in [1.54, 1.807) is 90.5 Å². The molecule has 3 aromatic carbocycles. The summed E-state index contributed by atoms with van der Waals surface area (Å²) in [6.07, 6.45) is -3.38. The standard InChI is InChI=1S/C69H104N8O14/c1-16-44(10)60(56(89-14)38-57(80)77-35-21-25-53(77)62(90-15)45(11)63(82)74-66(85)61(81)48-22-18-17-19-23-48)75(12)67(86)52(41(4)5)37-55(79)59(43(8)9)76(13)69(88)91-39-46-26-32-51(33-27-46)72-65(84)50(24-20-34-71-68(70)87)36-54(78)58(42(6)7)73-64(83)49-30-28-47(29-31-49)40(2)3/h17-19,22-23,26-33,40-45,50,52-53,56,58-62,66,81,85H,16,20-21,24-25,34-39H2,1-15H3,(H,72,84)(H,73,83)(H,74,82)(H3,70,71,87)/t44-,45+,50+,52-,53-,56+,58-,59-,60-,61-,62+,66+/m0/s1. The van der Waals surface area contributed by atoms with Gasteiger partial charge in [0, 0.05) is 77.3 Å². The summed E-state index contributed by atoms with van der Waals surface area (Å²) in [6, 6.07) is 18.6. The third-order valence-corrected chi connectivity index (χ3v) is 17.8. The first-order chi connectivity index (χ1) is 43.0. The predicted molar refractivity (Wildman–Crippen MR) is 348 cm³/mol. The van der Waals surface area contributed by atoms with Crippen molar-refractivity contribution in [1.29, 1.82) is 0 Å². The summed E-state index contributed by atoms with van der Waals surface area (Å²) in [4.78, 5) is 128. The van der Waals surface area contributed by atoms with Crippen molar-refractivity contribution in [3.05, 3.63) is 101 Å². The molecule has 22 heteroatoms. The van der Waals surface area contributed by atoms with Crippen LogP contribution >= 0.6 is 0 Å². The van der Waals surface area contributed by atoms with E-state index in [1.807, 2.05) is 67.5 Å². The lowest BCUT2D eigenvalue weighted by Crippen LogP contribution is -2.55. The first-order valence-corrected chi connectivity index (χ1v) is 32.1. The molecule has 0 saturated carbocycles. The van der Waals surface area contributed by atoms with Gasteiger partial charge < -0.3 is 66.1 Å². The number of hydrogen-bond donors (Lipinski definition) is 7. The maximum atomic E-state index is 14.9. The molecule has 22 nitrogen and oxygen atoms in total. The van der Waals surface area contributed by atoms with Crippen LogP contribution in [-0.2, 0) is 49.6 Å². The van der Waals surface area contributed by atoms with E-state index in [0.717, 1.165) is 5.56 Å². The molecule has 0 spiro atoms. The van der Waals surface area contributed by atoms with E-state index in [4.69, 9.17) is 19.9 Å². The summed E-state index contributed by atoms with van der Waals surface area (Å²) in [6.45, 7) is 21.1. The Kier molecular flexibility index (Phi) is 30.7. The minimum Gasteiger partial charge on any atom is -0.445 e. The molecular formula is C69H104N8O14. The molecule has 8 N–H and O–H groups in total. The lowest BCUT2D eigenvalue weighted by molar-refractivity contribution is -0.149. The molecule has 1 aliphatic rings. The number of hydrogen-bond acceptors (Lipinski definition) is 14. The summed E-state index contributed by atoms with van der Waals surface area (Å²) in [5.41, 5.74) is 8.14. The van der Waals surface area contributed by atoms with Crippen LogP contribution in [0.4, 0.5) is 15.3 Å². The van der Waals surface area contributed by atoms with Crippen LogP contribution in [0, 0.1) is 41.4 Å². The number of anilines is 1. The van der Waals surface area contributed by atoms with E-state index in [9.17, 15) is 53.4 Å². The number of urea groups is 1. The van der Waals surface area contributed by atoms with Crippen molar-refractivity contribution in [3.63, 3.8) is 0 Å². The second-order valence-corrected chi connectivity index (χ2v) is 25.7. The Bertz CT molecular complexity index is 2850. The van der Waals surface area contributed by atoms with E-state index in [2.05, 4.69) is 35.1 Å². The number of nitrogens with one attached hydrogen (secondary N) is 4. The fourth-order valence-electron chi connectivity index (χ4n) is 12.1. The van der Waals surface area contributed by atoms with Crippen LogP contribution in [0.1, 0.15) is 167 Å². The molecule has 1 aliphatic heterocycles. The molecule has 4 rings (SSSR count). The third-order valence-electron chi connectivity index (χ3n) is 17.8. The van der Waals surface area contributed by atoms with Crippen LogP contribution in [0.15, 0.2) is 78.9 Å². The molecule has 91 heavy (non-hydrogen) atoms. The number of carbonyl (C=O) groups excluding carboxylic acids is 9. The molecule has 1 fully saturated rings. The van der Waals surface area contributed by atoms with Crippen LogP contribution in [0.25, 0.3) is 0 Å². The second kappa shape index (κ2) is 36.7. The smallest absolute Gasteiger partial charge is 0.410 e. The fraction of sp³-hybridized carbons (Fsp3) is 0.609. The van der Waals surface area contributed by atoms with E-state index >= 15 is 0 Å². The Morgan fingerprint density at radius 3 is 1.90 bits per heavy atom. The minimum absolute atomic E-state index is 0.102. The molecular weight excluding hydrogens is 1160 g/mol. The largest absolute Gasteiger partial charge is 0.445 e. The van der Waals surface area contributed by atoms with Gasteiger partial charge in [-0.2, -0.15) is 0 Å². The lowest BCUT2D eigenvalue weighted by atomic mass is 9.83. The van der Waals surface area contributed by atoms with Crippen molar-refractivity contribution in [2.75, 3.05) is 46.7 Å². The number of ether oxygens (including phenoxy) is 3. The van der Waals surface area contributed by atoms with E-state index < -0.39 is 96.3 Å². The van der Waals surface area contributed by atoms with E-state index in [0.29, 0.717) is 54.6 Å². The molecule has 3 aromatic rings. The Labute approximate surface area is 538 Å². The highest BCUT2D eigenvalue weighted by atomic mass is 16.6. The highest BCUT2D eigenvalue weighted by Crippen LogP contribution is 2.32. The average molecular weight is 1270 g/mol. The number of aliphatic hydroxyl groups excluding tert-OH is 2. The summed E-state index contributed by atoms with van der Waals surface area (Å²) in [5, 5.41) is 32.2. The Hall–Kier alpha value is -7.27. The summed E-state index contributed by atoms with van der Waals surface area (Å²) in [7, 11) is 6.11. The van der Waals surface area contributed by atoms with E-state index in [1.165, 1.54) is 26.2 Å². The normalized spacial score (nSPS) is 16.9. The van der Waals surface area contributed by atoms with Crippen molar-refractivity contribution >= 4 is 58.9 Å². The van der Waals surface area contributed by atoms with Gasteiger partial charge in [0.25, 0.3) is 5.91 Å². The Balaban J connectivity index is 1.41. The topological polar surface area (TPSA) is 306 Å². The van der Waals surface area contributed by atoms with Crippen LogP contribution in [0.2, 0.25) is 0 Å². The zero-order chi connectivity index (χ0) is 68.0. The number of rotatable bonds is 36. The van der Waals surface area contributed by atoms with Crippen LogP contribution < -0.4 is 27.0 Å². The second-order valence-electron chi connectivity index (χ2n) is 25.7. The average Bonchev–Trinajstić information content (AvgIpc) is 3.13. The highest BCUT2D eigenvalue weighted by molar-refractivity contribution is 6.00. The summed E-state index contributed by atoms with van der Waals surface area (Å²) in [5.74, 6) is -6.02. The van der Waals surface area contributed by atoms with Gasteiger partial charge in [0.2, 0.25) is 23.6 Å². The van der Waals surface area contributed by atoms with Crippen molar-refractivity contribution in [2.45, 2.75) is 189 Å². The number of amides is 8. The monoisotopic (exact) mass is 1270 g/mol. The maximum Gasteiger partial charge on any atom is 0.410 e. The van der Waals surface area contributed by atoms with Gasteiger partial charge in [0.1, 0.15) is 12.7 Å². The van der Waals surface area contributed by atoms with Gasteiger partial charge in [-0.15, -0.1) is 0 Å². The molecule has 0 bridgehead atoms. The number of nitrogens with zero attached hydrogens (tertiary/aromatic N) is 3. The zero-order valence-electron chi connectivity index (χ0n) is 56.2. The Morgan fingerprint density at radius 1 is 0.714 bits per heavy atom. The number of primary amides is 1. The highest BCUT2D eigenvalue weighted by Gasteiger charge is 2.44. The van der Waals surface area contributed by atoms with Gasteiger partial charge in [-0.25, -0.2) is 9.59 Å². The lowest BCUT2D eigenvalue weighted by Gasteiger charge is -2.41. The maximum absolute atomic E-state index is 14.9. The molecule has 0 aliphatic carbocycles. The Morgan fingerprint density at radius 2 is 1.35 bits per heavy atom. The molecule has 504 valence electrons. The van der Waals surface area contributed by atoms with Crippen molar-refractivity contribution < 1.29 is 67.6 Å². The molecule has 0 unspecified atom stereocenters. The van der Waals surface area contributed by atoms with Crippen LogP contribution in [0.5, 0.6) is 0 Å². The van der Waals surface area contributed by atoms with Gasteiger partial charge in [-0.05, 0) is 96.2 Å². The molecule has 12 atom stereocenters. The van der Waals surface area contributed by atoms with Gasteiger partial charge >= 0.3 is 12.1 Å². The number of aliphatic hydroxyl groups is 2. The molecule has 1 saturated heterocycles. The third kappa shape index (κ3) is 21.9. The van der Waals surface area contributed by atoms with Gasteiger partial charge in [0.15, 0.2) is 17.8 Å². The minimum atomic E-state index is -1.59. The molecule has 8 amide bonds. The van der Waals surface area contributed by atoms with Gasteiger partial charge in [-0.1, -0.05) is 137 Å². The number of ketones is 2. The first kappa shape index (κ1) is 76.2. The van der Waals surface area contributed by atoms with Gasteiger partial charge in [0.05, 0.1) is 48.7 Å². The van der Waals surface area contributed by atoms with Crippen molar-refractivity contribution in [1.82, 2.24) is 30.7 Å². The van der Waals surface area contributed by atoms with Crippen molar-refractivity contribution in [2.24, 2.45) is 47.2 Å². The zero-order valence-corrected chi connectivity index (χ0v) is 56.2. The number of methoxy groups -OCH3 is 2. The van der Waals surface area contributed by atoms with E-state index in [-0.39, 0.29) is 91.8 Å². The van der Waals surface area contributed by atoms with Gasteiger partial charge in [-0.3, -0.25) is 33.6 Å². The number of Topliss-reactive ketones (excluding diaryl/α,β-unsaturated/α-hetero) is 2. The number of likely N-dealkylation sites (N-methyl/N-ethyl adjacent to an activating group) is 2. The predicted octanol–water partition coefficient (Wildman–Crippen LogP) is 8.14. The summed E-state index contributed by atoms with van der Waals surface area (Å²) >= 11 is 0. The molecule has 0 aromatic heterocycles. The quantitative estimate of drug-likeness (QED) is 0.0214. The number of nitrogens with two attached hydrogens (primary N) is 1. The number of carbonyl (C=O) groups is 9.